The summed E-state index contributed by atoms with van der Waals surface area (Å²) in [6.07, 6.45) is -0.224. The van der Waals surface area contributed by atoms with Crippen LogP contribution in [0.15, 0.2) is 0 Å². The molecule has 0 unspecified atom stereocenters. The number of carbonyl (C=O) groups is 3. The van der Waals surface area contributed by atoms with Gasteiger partial charge in [0.15, 0.2) is 0 Å². The predicted molar refractivity (Wildman–Crippen MR) is 117 cm³/mol. The van der Waals surface area contributed by atoms with Crippen LogP contribution in [0.3, 0.4) is 0 Å². The summed E-state index contributed by atoms with van der Waals surface area (Å²) >= 11 is 0. The lowest BCUT2D eigenvalue weighted by Crippen LogP contribution is -2.46. The average molecular weight is 476 g/mol. The fraction of sp³-hybridized carbons (Fsp3) is 0.857. The third kappa shape index (κ3) is 13.5. The molecular weight excluding hydrogens is 438 g/mol. The number of ether oxygens (including phenoxy) is 3. The van der Waals surface area contributed by atoms with Gasteiger partial charge in [0, 0.05) is 26.1 Å². The van der Waals surface area contributed by atoms with Crippen LogP contribution < -0.4 is 5.32 Å². The van der Waals surface area contributed by atoms with E-state index in [9.17, 15) is 24.5 Å². The fourth-order valence-electron chi connectivity index (χ4n) is 3.05. The van der Waals surface area contributed by atoms with Crippen molar-refractivity contribution >= 4 is 18.0 Å². The van der Waals surface area contributed by atoms with Crippen LogP contribution in [0.2, 0.25) is 0 Å². The molecular formula is C21H37N3O9. The van der Waals surface area contributed by atoms with E-state index in [4.69, 9.17) is 14.2 Å². The van der Waals surface area contributed by atoms with Crippen LogP contribution >= 0.6 is 0 Å². The Morgan fingerprint density at radius 1 is 1.06 bits per heavy atom. The van der Waals surface area contributed by atoms with Gasteiger partial charge in [-0.1, -0.05) is 0 Å². The molecule has 0 spiro atoms. The Morgan fingerprint density at radius 3 is 2.15 bits per heavy atom. The lowest BCUT2D eigenvalue weighted by molar-refractivity contribution is -0.769. The van der Waals surface area contributed by atoms with Gasteiger partial charge in [0.1, 0.15) is 30.0 Å². The van der Waals surface area contributed by atoms with E-state index >= 15 is 0 Å². The van der Waals surface area contributed by atoms with Crippen LogP contribution in [0, 0.1) is 10.1 Å². The minimum atomic E-state index is -1.06. The smallest absolute Gasteiger partial charge is 0.408 e. The van der Waals surface area contributed by atoms with E-state index in [1.54, 1.807) is 41.5 Å². The fourth-order valence-corrected chi connectivity index (χ4v) is 3.05. The van der Waals surface area contributed by atoms with Gasteiger partial charge in [-0.15, -0.1) is 10.1 Å². The van der Waals surface area contributed by atoms with Crippen molar-refractivity contribution in [1.29, 1.82) is 0 Å². The lowest BCUT2D eigenvalue weighted by atomic mass is 10.1. The summed E-state index contributed by atoms with van der Waals surface area (Å²) in [5, 5.41) is 12.1. The number of amides is 1. The largest absolute Gasteiger partial charge is 0.464 e. The number of nitrogens with one attached hydrogen (secondary N) is 1. The molecule has 1 atom stereocenters. The number of likely N-dealkylation sites (tertiary alicyclic amines) is 1. The van der Waals surface area contributed by atoms with Crippen molar-refractivity contribution in [3.05, 3.63) is 10.1 Å². The second-order valence-electron chi connectivity index (χ2n) is 9.86. The van der Waals surface area contributed by atoms with Crippen LogP contribution in [-0.4, -0.2) is 77.6 Å². The van der Waals surface area contributed by atoms with Crippen molar-refractivity contribution in [3.8, 4) is 0 Å². The van der Waals surface area contributed by atoms with Crippen molar-refractivity contribution in [1.82, 2.24) is 10.2 Å². The molecule has 1 saturated heterocycles. The van der Waals surface area contributed by atoms with E-state index in [1.165, 1.54) is 0 Å². The van der Waals surface area contributed by atoms with Crippen molar-refractivity contribution < 1.29 is 38.5 Å². The number of hydrogen-bond acceptors (Lipinski definition) is 10. The summed E-state index contributed by atoms with van der Waals surface area (Å²) in [6, 6.07) is -1.06. The van der Waals surface area contributed by atoms with Crippen molar-refractivity contribution in [2.45, 2.75) is 90.6 Å². The molecule has 1 amide bonds. The van der Waals surface area contributed by atoms with E-state index in [-0.39, 0.29) is 19.4 Å². The van der Waals surface area contributed by atoms with Crippen LogP contribution in [0.5, 0.6) is 0 Å². The highest BCUT2D eigenvalue weighted by atomic mass is 17.0. The molecule has 190 valence electrons. The quantitative estimate of drug-likeness (QED) is 0.216. The number of hydrogen-bond donors (Lipinski definition) is 1. The Labute approximate surface area is 194 Å². The predicted octanol–water partition coefficient (Wildman–Crippen LogP) is 2.22. The summed E-state index contributed by atoms with van der Waals surface area (Å²) in [6.45, 7) is 12.1. The molecule has 0 aliphatic carbocycles. The third-order valence-corrected chi connectivity index (χ3v) is 4.46. The first-order valence-corrected chi connectivity index (χ1v) is 11.1. The summed E-state index contributed by atoms with van der Waals surface area (Å²) in [4.78, 5) is 53.7. The van der Waals surface area contributed by atoms with Crippen molar-refractivity contribution in [2.75, 3.05) is 26.2 Å². The normalized spacial score (nSPS) is 16.4. The first-order valence-electron chi connectivity index (χ1n) is 11.1. The molecule has 1 aliphatic heterocycles. The maximum absolute atomic E-state index is 12.5. The minimum Gasteiger partial charge on any atom is -0.464 e. The number of rotatable bonds is 10. The van der Waals surface area contributed by atoms with Gasteiger partial charge in [-0.2, -0.15) is 0 Å². The van der Waals surface area contributed by atoms with E-state index in [0.29, 0.717) is 32.5 Å². The molecule has 0 aromatic carbocycles. The number of piperidine rings is 1. The molecule has 1 rings (SSSR count). The lowest BCUT2D eigenvalue weighted by Gasteiger charge is -2.30. The molecule has 1 heterocycles. The highest BCUT2D eigenvalue weighted by Crippen LogP contribution is 2.14. The first-order chi connectivity index (χ1) is 15.1. The van der Waals surface area contributed by atoms with Crippen LogP contribution in [0.4, 0.5) is 4.79 Å². The molecule has 0 saturated carbocycles. The van der Waals surface area contributed by atoms with Gasteiger partial charge in [0.25, 0.3) is 5.09 Å². The third-order valence-electron chi connectivity index (χ3n) is 4.46. The molecule has 1 aliphatic rings. The van der Waals surface area contributed by atoms with Gasteiger partial charge in [0.05, 0.1) is 0 Å². The standard InChI is InChI=1S/C21H37N3O9/c1-20(2,3)31-18(26)16(22-19(27)32-21(4,5)6)7-8-17(25)30-14-13-23-11-9-15(10-12-23)33-24(28)29/h15-16H,7-14H2,1-6H3,(H,22,27)/t16-/m0/s1. The zero-order valence-electron chi connectivity index (χ0n) is 20.4. The monoisotopic (exact) mass is 475 g/mol. The highest BCUT2D eigenvalue weighted by molar-refractivity contribution is 5.82. The first kappa shape index (κ1) is 28.4. The van der Waals surface area contributed by atoms with E-state index in [0.717, 1.165) is 0 Å². The summed E-state index contributed by atoms with van der Waals surface area (Å²) in [5.41, 5.74) is -1.50. The molecule has 0 radical (unpaired) electrons. The molecule has 1 fully saturated rings. The number of carbonyl (C=O) groups excluding carboxylic acids is 3. The molecule has 0 bridgehead atoms. The maximum atomic E-state index is 12.5. The summed E-state index contributed by atoms with van der Waals surface area (Å²) in [5.74, 6) is -1.18. The Balaban J connectivity index is 2.45. The maximum Gasteiger partial charge on any atom is 0.408 e. The zero-order valence-corrected chi connectivity index (χ0v) is 20.4. The molecule has 0 aromatic rings. The van der Waals surface area contributed by atoms with Gasteiger partial charge in [-0.3, -0.25) is 9.69 Å². The van der Waals surface area contributed by atoms with E-state index in [1.807, 2.05) is 4.90 Å². The number of alkyl carbamates (subject to hydrolysis) is 1. The highest BCUT2D eigenvalue weighted by Gasteiger charge is 2.29. The summed E-state index contributed by atoms with van der Waals surface area (Å²) < 4.78 is 15.8. The van der Waals surface area contributed by atoms with Crippen LogP contribution in [0.25, 0.3) is 0 Å². The van der Waals surface area contributed by atoms with E-state index < -0.39 is 46.5 Å². The zero-order chi connectivity index (χ0) is 25.2. The molecule has 0 aromatic heterocycles. The Kier molecular flexibility index (Phi) is 10.8. The van der Waals surface area contributed by atoms with Gasteiger partial charge in [0.2, 0.25) is 0 Å². The van der Waals surface area contributed by atoms with Crippen molar-refractivity contribution in [2.24, 2.45) is 0 Å². The van der Waals surface area contributed by atoms with Crippen LogP contribution in [0.1, 0.15) is 67.2 Å². The molecule has 12 nitrogen and oxygen atoms in total. The van der Waals surface area contributed by atoms with Gasteiger partial charge in [-0.25, -0.2) is 9.59 Å². The average Bonchev–Trinajstić information content (AvgIpc) is 2.63. The van der Waals surface area contributed by atoms with Crippen LogP contribution in [-0.2, 0) is 28.6 Å². The molecule has 1 N–H and O–H groups in total. The second kappa shape index (κ2) is 12.6. The topological polar surface area (TPSA) is 147 Å². The molecule has 33 heavy (non-hydrogen) atoms. The minimum absolute atomic E-state index is 0.00336. The van der Waals surface area contributed by atoms with Gasteiger partial charge >= 0.3 is 18.0 Å². The Hall–Kier alpha value is -2.63. The second-order valence-corrected chi connectivity index (χ2v) is 9.86. The Bertz CT molecular complexity index is 677. The Morgan fingerprint density at radius 2 is 1.64 bits per heavy atom. The molecule has 12 heteroatoms. The van der Waals surface area contributed by atoms with Gasteiger partial charge < -0.3 is 24.4 Å². The summed E-state index contributed by atoms with van der Waals surface area (Å²) in [7, 11) is 0. The number of esters is 2. The number of nitrogens with zero attached hydrogens (tertiary/aromatic N) is 2. The van der Waals surface area contributed by atoms with Crippen molar-refractivity contribution in [3.63, 3.8) is 0 Å². The van der Waals surface area contributed by atoms with E-state index in [2.05, 4.69) is 10.2 Å². The van der Waals surface area contributed by atoms with Gasteiger partial charge in [-0.05, 0) is 60.8 Å². The SMILES string of the molecule is CC(C)(C)OC(=O)N[C@@H](CCC(=O)OCCN1CCC(O[N+](=O)[O-])CC1)C(=O)OC(C)(C)C.